The summed E-state index contributed by atoms with van der Waals surface area (Å²) in [6, 6.07) is 4.48. The van der Waals surface area contributed by atoms with Crippen LogP contribution in [-0.4, -0.2) is 7.11 Å². The summed E-state index contributed by atoms with van der Waals surface area (Å²) >= 11 is 0. The first-order chi connectivity index (χ1) is 5.29. The summed E-state index contributed by atoms with van der Waals surface area (Å²) in [5, 5.41) is 0. The van der Waals surface area contributed by atoms with E-state index in [2.05, 4.69) is 5.43 Å². The third kappa shape index (κ3) is 1.40. The van der Waals surface area contributed by atoms with Crippen molar-refractivity contribution in [3.8, 4) is 5.75 Å². The van der Waals surface area contributed by atoms with Gasteiger partial charge in [-0.3, -0.25) is 5.84 Å². The summed E-state index contributed by atoms with van der Waals surface area (Å²) in [7, 11) is 1.39. The normalized spacial score (nSPS) is 9.36. The zero-order chi connectivity index (χ0) is 8.27. The number of halogens is 1. The first kappa shape index (κ1) is 7.81. The molecule has 1 aromatic rings. The van der Waals surface area contributed by atoms with Crippen LogP contribution in [-0.2, 0) is 0 Å². The van der Waals surface area contributed by atoms with E-state index in [0.717, 1.165) is 0 Å². The minimum atomic E-state index is -0.428. The Morgan fingerprint density at radius 2 is 2.27 bits per heavy atom. The number of hydrogen-bond acceptors (Lipinski definition) is 3. The molecular formula is C7H9FN2O. The van der Waals surface area contributed by atoms with Gasteiger partial charge in [-0.1, -0.05) is 6.07 Å². The highest BCUT2D eigenvalue weighted by Gasteiger charge is 2.05. The lowest BCUT2D eigenvalue weighted by atomic mass is 10.3. The van der Waals surface area contributed by atoms with Crippen molar-refractivity contribution in [1.29, 1.82) is 0 Å². The van der Waals surface area contributed by atoms with Crippen LogP contribution in [0.2, 0.25) is 0 Å². The quantitative estimate of drug-likeness (QED) is 0.498. The number of nitrogens with two attached hydrogens (primary N) is 1. The molecule has 0 aliphatic carbocycles. The lowest BCUT2D eigenvalue weighted by molar-refractivity contribution is 0.388. The summed E-state index contributed by atoms with van der Waals surface area (Å²) in [4.78, 5) is 0. The molecule has 0 atom stereocenters. The zero-order valence-corrected chi connectivity index (χ0v) is 6.10. The van der Waals surface area contributed by atoms with Crippen LogP contribution in [0.3, 0.4) is 0 Å². The molecule has 0 saturated heterocycles. The molecule has 0 radical (unpaired) electrons. The lowest BCUT2D eigenvalue weighted by Crippen LogP contribution is -2.08. The van der Waals surface area contributed by atoms with Crippen molar-refractivity contribution in [2.45, 2.75) is 0 Å². The highest BCUT2D eigenvalue weighted by atomic mass is 19.1. The fourth-order valence-electron chi connectivity index (χ4n) is 0.830. The van der Waals surface area contributed by atoms with Gasteiger partial charge in [0.15, 0.2) is 11.6 Å². The molecule has 0 spiro atoms. The van der Waals surface area contributed by atoms with Crippen LogP contribution in [0.5, 0.6) is 5.75 Å². The molecule has 0 saturated carbocycles. The monoisotopic (exact) mass is 156 g/mol. The van der Waals surface area contributed by atoms with E-state index in [1.807, 2.05) is 0 Å². The van der Waals surface area contributed by atoms with Crippen molar-refractivity contribution >= 4 is 5.69 Å². The van der Waals surface area contributed by atoms with Gasteiger partial charge in [-0.05, 0) is 12.1 Å². The second-order valence-corrected chi connectivity index (χ2v) is 1.96. The highest BCUT2D eigenvalue weighted by Crippen LogP contribution is 2.25. The van der Waals surface area contributed by atoms with Crippen molar-refractivity contribution in [2.75, 3.05) is 12.5 Å². The number of hydrogen-bond donors (Lipinski definition) is 2. The summed E-state index contributed by atoms with van der Waals surface area (Å²) in [6.45, 7) is 0. The number of hydrazine groups is 1. The van der Waals surface area contributed by atoms with Crippen LogP contribution in [0.25, 0.3) is 0 Å². The van der Waals surface area contributed by atoms with E-state index >= 15 is 0 Å². The third-order valence-corrected chi connectivity index (χ3v) is 1.33. The minimum Gasteiger partial charge on any atom is -0.492 e. The van der Waals surface area contributed by atoms with Gasteiger partial charge in [-0.15, -0.1) is 0 Å². The van der Waals surface area contributed by atoms with Crippen LogP contribution < -0.4 is 16.0 Å². The molecule has 0 bridgehead atoms. The van der Waals surface area contributed by atoms with E-state index in [1.54, 1.807) is 12.1 Å². The maximum atomic E-state index is 12.8. The van der Waals surface area contributed by atoms with Crippen molar-refractivity contribution < 1.29 is 9.13 Å². The topological polar surface area (TPSA) is 47.3 Å². The summed E-state index contributed by atoms with van der Waals surface area (Å²) in [5.74, 6) is 4.80. The predicted molar refractivity (Wildman–Crippen MR) is 40.8 cm³/mol. The van der Waals surface area contributed by atoms with Gasteiger partial charge < -0.3 is 10.2 Å². The van der Waals surface area contributed by atoms with E-state index in [4.69, 9.17) is 10.6 Å². The van der Waals surface area contributed by atoms with Crippen molar-refractivity contribution in [2.24, 2.45) is 5.84 Å². The molecular weight excluding hydrogens is 147 g/mol. The molecule has 0 amide bonds. The molecule has 0 aromatic heterocycles. The van der Waals surface area contributed by atoms with E-state index < -0.39 is 5.82 Å². The number of rotatable bonds is 2. The number of nitrogen functional groups attached to an aromatic ring is 1. The molecule has 4 heteroatoms. The molecule has 0 unspecified atom stereocenters. The van der Waals surface area contributed by atoms with Gasteiger partial charge in [0.05, 0.1) is 12.8 Å². The van der Waals surface area contributed by atoms with Gasteiger partial charge in [0.25, 0.3) is 0 Å². The molecule has 1 rings (SSSR count). The maximum absolute atomic E-state index is 12.8. The second kappa shape index (κ2) is 3.21. The van der Waals surface area contributed by atoms with Crippen molar-refractivity contribution in [1.82, 2.24) is 0 Å². The second-order valence-electron chi connectivity index (χ2n) is 1.96. The fraction of sp³-hybridized carbons (Fsp3) is 0.143. The standard InChI is InChI=1S/C7H9FN2O/c1-11-7-5(8)3-2-4-6(7)10-9/h2-4,10H,9H2,1H3. The number of para-hydroxylation sites is 1. The third-order valence-electron chi connectivity index (χ3n) is 1.33. The fourth-order valence-corrected chi connectivity index (χ4v) is 0.830. The smallest absolute Gasteiger partial charge is 0.178 e. The molecule has 3 N–H and O–H groups in total. The SMILES string of the molecule is COc1c(F)cccc1NN. The van der Waals surface area contributed by atoms with Crippen LogP contribution >= 0.6 is 0 Å². The highest BCUT2D eigenvalue weighted by molar-refractivity contribution is 5.55. The average molecular weight is 156 g/mol. The number of anilines is 1. The Morgan fingerprint density at radius 3 is 2.73 bits per heavy atom. The maximum Gasteiger partial charge on any atom is 0.178 e. The molecule has 0 fully saturated rings. The van der Waals surface area contributed by atoms with E-state index in [1.165, 1.54) is 13.2 Å². The lowest BCUT2D eigenvalue weighted by Gasteiger charge is -2.06. The average Bonchev–Trinajstić information content (AvgIpc) is 2.04. The Bertz CT molecular complexity index is 252. The van der Waals surface area contributed by atoms with E-state index in [-0.39, 0.29) is 5.75 Å². The van der Waals surface area contributed by atoms with Gasteiger partial charge in [-0.25, -0.2) is 4.39 Å². The van der Waals surface area contributed by atoms with Gasteiger partial charge in [0.1, 0.15) is 0 Å². The number of benzene rings is 1. The molecule has 3 nitrogen and oxygen atoms in total. The predicted octanol–water partition coefficient (Wildman–Crippen LogP) is 1.12. The van der Waals surface area contributed by atoms with Gasteiger partial charge in [0, 0.05) is 0 Å². The minimum absolute atomic E-state index is 0.134. The first-order valence-electron chi connectivity index (χ1n) is 3.08. The molecule has 0 aliphatic rings. The molecule has 0 aliphatic heterocycles. The van der Waals surface area contributed by atoms with Crippen LogP contribution in [0.15, 0.2) is 18.2 Å². The van der Waals surface area contributed by atoms with E-state index in [9.17, 15) is 4.39 Å². The number of nitrogens with one attached hydrogen (secondary N) is 1. The van der Waals surface area contributed by atoms with Crippen molar-refractivity contribution in [3.63, 3.8) is 0 Å². The number of methoxy groups -OCH3 is 1. The summed E-state index contributed by atoms with van der Waals surface area (Å²) in [6.07, 6.45) is 0. The Balaban J connectivity index is 3.13. The van der Waals surface area contributed by atoms with Crippen LogP contribution in [0, 0.1) is 5.82 Å². The van der Waals surface area contributed by atoms with Gasteiger partial charge in [0.2, 0.25) is 0 Å². The van der Waals surface area contributed by atoms with Crippen LogP contribution in [0.1, 0.15) is 0 Å². The summed E-state index contributed by atoms with van der Waals surface area (Å²) in [5.41, 5.74) is 2.76. The Morgan fingerprint density at radius 1 is 1.55 bits per heavy atom. The van der Waals surface area contributed by atoms with Gasteiger partial charge >= 0.3 is 0 Å². The zero-order valence-electron chi connectivity index (χ0n) is 6.10. The Labute approximate surface area is 63.9 Å². The molecule has 1 aromatic carbocycles. The summed E-state index contributed by atoms with van der Waals surface area (Å²) < 4.78 is 17.6. The van der Waals surface area contributed by atoms with Crippen molar-refractivity contribution in [3.05, 3.63) is 24.0 Å². The largest absolute Gasteiger partial charge is 0.492 e. The molecule has 11 heavy (non-hydrogen) atoms. The van der Waals surface area contributed by atoms with Crippen LogP contribution in [0.4, 0.5) is 10.1 Å². The van der Waals surface area contributed by atoms with E-state index in [0.29, 0.717) is 5.69 Å². The van der Waals surface area contributed by atoms with Gasteiger partial charge in [-0.2, -0.15) is 0 Å². The molecule has 60 valence electrons. The first-order valence-corrected chi connectivity index (χ1v) is 3.08. The Hall–Kier alpha value is -1.29. The number of ether oxygens (including phenoxy) is 1. The molecule has 0 heterocycles. The Kier molecular flexibility index (Phi) is 2.28.